The molecule has 0 spiro atoms. The van der Waals surface area contributed by atoms with Crippen LogP contribution in [0.4, 0.5) is 0 Å². The van der Waals surface area contributed by atoms with E-state index >= 15 is 0 Å². The molecule has 1 saturated carbocycles. The molecular formula is C22H33N3O3. The quantitative estimate of drug-likeness (QED) is 0.636. The maximum atomic E-state index is 5.96. The van der Waals surface area contributed by atoms with Gasteiger partial charge in [-0.3, -0.25) is 4.99 Å². The number of benzene rings is 1. The fourth-order valence-corrected chi connectivity index (χ4v) is 5.21. The second kappa shape index (κ2) is 7.47. The molecule has 2 aliphatic heterocycles. The van der Waals surface area contributed by atoms with Gasteiger partial charge in [0.15, 0.2) is 17.5 Å². The largest absolute Gasteiger partial charge is 0.493 e. The van der Waals surface area contributed by atoms with Crippen LogP contribution in [0.2, 0.25) is 0 Å². The summed E-state index contributed by atoms with van der Waals surface area (Å²) in [5.74, 6) is 3.21. The van der Waals surface area contributed by atoms with Gasteiger partial charge in [0, 0.05) is 43.6 Å². The highest BCUT2D eigenvalue weighted by Crippen LogP contribution is 2.52. The molecule has 1 aliphatic carbocycles. The van der Waals surface area contributed by atoms with Crippen molar-refractivity contribution in [3.63, 3.8) is 0 Å². The third kappa shape index (κ3) is 3.11. The molecule has 2 fully saturated rings. The van der Waals surface area contributed by atoms with Gasteiger partial charge in [0.05, 0.1) is 20.3 Å². The molecule has 28 heavy (non-hydrogen) atoms. The molecule has 0 bridgehead atoms. The van der Waals surface area contributed by atoms with E-state index in [0.717, 1.165) is 56.5 Å². The van der Waals surface area contributed by atoms with Gasteiger partial charge < -0.3 is 24.4 Å². The van der Waals surface area contributed by atoms with Crippen molar-refractivity contribution in [2.45, 2.75) is 52.3 Å². The molecule has 0 radical (unpaired) electrons. The first-order valence-corrected chi connectivity index (χ1v) is 10.4. The van der Waals surface area contributed by atoms with Crippen molar-refractivity contribution in [3.8, 4) is 11.5 Å². The van der Waals surface area contributed by atoms with E-state index in [1.165, 1.54) is 11.1 Å². The number of ether oxygens (including phenoxy) is 3. The SMILES string of the molecule is CCN=C(NC1C2CCOC2C1(C)C)N1CCc2cc(OC)c(OC)cc2C1. The number of fused-ring (bicyclic) bond motifs is 2. The second-order valence-electron chi connectivity index (χ2n) is 8.63. The summed E-state index contributed by atoms with van der Waals surface area (Å²) >= 11 is 0. The first kappa shape index (κ1) is 19.4. The lowest BCUT2D eigenvalue weighted by Gasteiger charge is -2.55. The van der Waals surface area contributed by atoms with Crippen molar-refractivity contribution in [2.75, 3.05) is 33.9 Å². The number of nitrogens with zero attached hydrogens (tertiary/aromatic N) is 2. The van der Waals surface area contributed by atoms with Crippen LogP contribution in [-0.4, -0.2) is 56.9 Å². The highest BCUT2D eigenvalue weighted by atomic mass is 16.5. The van der Waals surface area contributed by atoms with Crippen LogP contribution >= 0.6 is 0 Å². The third-order valence-corrected chi connectivity index (χ3v) is 6.71. The van der Waals surface area contributed by atoms with Gasteiger partial charge >= 0.3 is 0 Å². The average Bonchev–Trinajstić information content (AvgIpc) is 3.16. The molecule has 1 N–H and O–H groups in total. The Morgan fingerprint density at radius 2 is 1.96 bits per heavy atom. The van der Waals surface area contributed by atoms with E-state index < -0.39 is 0 Å². The van der Waals surface area contributed by atoms with Crippen molar-refractivity contribution >= 4 is 5.96 Å². The van der Waals surface area contributed by atoms with Crippen LogP contribution in [0.25, 0.3) is 0 Å². The molecular weight excluding hydrogens is 354 g/mol. The Morgan fingerprint density at radius 1 is 1.25 bits per heavy atom. The number of nitrogens with one attached hydrogen (secondary N) is 1. The van der Waals surface area contributed by atoms with E-state index in [1.807, 2.05) is 0 Å². The van der Waals surface area contributed by atoms with Crippen molar-refractivity contribution in [2.24, 2.45) is 16.3 Å². The normalized spacial score (nSPS) is 28.2. The third-order valence-electron chi connectivity index (χ3n) is 6.71. The van der Waals surface area contributed by atoms with Gasteiger partial charge in [-0.1, -0.05) is 13.8 Å². The van der Waals surface area contributed by atoms with E-state index in [0.29, 0.717) is 18.1 Å². The summed E-state index contributed by atoms with van der Waals surface area (Å²) in [6.07, 6.45) is 2.50. The molecule has 4 rings (SSSR count). The predicted octanol–water partition coefficient (Wildman–Crippen LogP) is 2.84. The number of hydrogen-bond acceptors (Lipinski definition) is 4. The first-order valence-electron chi connectivity index (χ1n) is 10.4. The molecule has 3 atom stereocenters. The van der Waals surface area contributed by atoms with E-state index in [4.69, 9.17) is 19.2 Å². The summed E-state index contributed by atoms with van der Waals surface area (Å²) in [5.41, 5.74) is 2.75. The van der Waals surface area contributed by atoms with Crippen LogP contribution in [-0.2, 0) is 17.7 Å². The van der Waals surface area contributed by atoms with E-state index in [9.17, 15) is 0 Å². The zero-order chi connectivity index (χ0) is 19.9. The first-order chi connectivity index (χ1) is 13.5. The number of hydrogen-bond donors (Lipinski definition) is 1. The zero-order valence-electron chi connectivity index (χ0n) is 17.7. The Morgan fingerprint density at radius 3 is 2.64 bits per heavy atom. The summed E-state index contributed by atoms with van der Waals surface area (Å²) in [4.78, 5) is 7.21. The zero-order valence-corrected chi connectivity index (χ0v) is 17.7. The van der Waals surface area contributed by atoms with Gasteiger partial charge in [-0.25, -0.2) is 0 Å². The number of guanidine groups is 1. The van der Waals surface area contributed by atoms with E-state index in [1.54, 1.807) is 14.2 Å². The Hall–Kier alpha value is -1.95. The van der Waals surface area contributed by atoms with Gasteiger partial charge in [0.2, 0.25) is 0 Å². The molecule has 2 heterocycles. The van der Waals surface area contributed by atoms with Crippen molar-refractivity contribution in [3.05, 3.63) is 23.3 Å². The minimum Gasteiger partial charge on any atom is -0.493 e. The second-order valence-corrected chi connectivity index (χ2v) is 8.63. The van der Waals surface area contributed by atoms with Crippen LogP contribution in [0, 0.1) is 11.3 Å². The lowest BCUT2D eigenvalue weighted by atomic mass is 9.57. The van der Waals surface area contributed by atoms with Crippen molar-refractivity contribution < 1.29 is 14.2 Å². The molecule has 1 aromatic rings. The molecule has 3 unspecified atom stereocenters. The van der Waals surface area contributed by atoms with Gasteiger partial charge in [-0.05, 0) is 43.0 Å². The smallest absolute Gasteiger partial charge is 0.194 e. The van der Waals surface area contributed by atoms with Crippen LogP contribution in [0.5, 0.6) is 11.5 Å². The van der Waals surface area contributed by atoms with Gasteiger partial charge in [0.25, 0.3) is 0 Å². The summed E-state index contributed by atoms with van der Waals surface area (Å²) in [6, 6.07) is 4.64. The summed E-state index contributed by atoms with van der Waals surface area (Å²) in [7, 11) is 3.38. The molecule has 3 aliphatic rings. The van der Waals surface area contributed by atoms with Gasteiger partial charge in [-0.2, -0.15) is 0 Å². The highest BCUT2D eigenvalue weighted by Gasteiger charge is 2.59. The maximum Gasteiger partial charge on any atom is 0.194 e. The number of aliphatic imine (C=N–C) groups is 1. The van der Waals surface area contributed by atoms with Crippen molar-refractivity contribution in [1.82, 2.24) is 10.2 Å². The lowest BCUT2D eigenvalue weighted by Crippen LogP contribution is -2.68. The number of methoxy groups -OCH3 is 2. The summed E-state index contributed by atoms with van der Waals surface area (Å²) in [6.45, 7) is 10.2. The summed E-state index contributed by atoms with van der Waals surface area (Å²) in [5, 5.41) is 3.81. The van der Waals surface area contributed by atoms with E-state index in [-0.39, 0.29) is 5.41 Å². The lowest BCUT2D eigenvalue weighted by molar-refractivity contribution is -0.107. The van der Waals surface area contributed by atoms with Crippen LogP contribution in [0.15, 0.2) is 17.1 Å². The fraction of sp³-hybridized carbons (Fsp3) is 0.682. The predicted molar refractivity (Wildman–Crippen MR) is 110 cm³/mol. The van der Waals surface area contributed by atoms with Crippen LogP contribution in [0.1, 0.15) is 38.3 Å². The summed E-state index contributed by atoms with van der Waals surface area (Å²) < 4.78 is 16.9. The maximum absolute atomic E-state index is 5.96. The molecule has 6 nitrogen and oxygen atoms in total. The Balaban J connectivity index is 1.53. The van der Waals surface area contributed by atoms with Crippen molar-refractivity contribution in [1.29, 1.82) is 0 Å². The molecule has 1 saturated heterocycles. The Bertz CT molecular complexity index is 762. The fourth-order valence-electron chi connectivity index (χ4n) is 5.21. The van der Waals surface area contributed by atoms with Crippen LogP contribution in [0.3, 0.4) is 0 Å². The molecule has 154 valence electrons. The monoisotopic (exact) mass is 387 g/mol. The average molecular weight is 388 g/mol. The molecule has 6 heteroatoms. The Kier molecular flexibility index (Phi) is 5.17. The van der Waals surface area contributed by atoms with Gasteiger partial charge in [-0.15, -0.1) is 0 Å². The minimum atomic E-state index is 0.139. The standard InChI is InChI=1S/C22H33N3O3/c1-6-23-21(24-19-16-8-10-28-20(16)22(19,2)3)25-9-7-14-11-17(26-4)18(27-5)12-15(14)13-25/h11-12,16,19-20H,6-10,13H2,1-5H3,(H,23,24). The Labute approximate surface area is 168 Å². The molecule has 1 aromatic carbocycles. The number of rotatable bonds is 4. The highest BCUT2D eigenvalue weighted by molar-refractivity contribution is 5.81. The topological polar surface area (TPSA) is 55.3 Å². The van der Waals surface area contributed by atoms with Gasteiger partial charge in [0.1, 0.15) is 0 Å². The molecule has 0 amide bonds. The van der Waals surface area contributed by atoms with Crippen LogP contribution < -0.4 is 14.8 Å². The minimum absolute atomic E-state index is 0.139. The van der Waals surface area contributed by atoms with E-state index in [2.05, 4.69) is 43.1 Å². The molecule has 0 aromatic heterocycles.